The first kappa shape index (κ1) is 24.4. The van der Waals surface area contributed by atoms with Gasteiger partial charge in [0.05, 0.1) is 19.5 Å². The van der Waals surface area contributed by atoms with Gasteiger partial charge in [-0.05, 0) is 0 Å². The largest absolute Gasteiger partial charge is 0.480 e. The Kier molecular flexibility index (Phi) is 10.1. The monoisotopic (exact) mass is 432 g/mol. The molecule has 0 saturated heterocycles. The number of nitrogens with one attached hydrogen (secondary N) is 4. The molecule has 0 radical (unpaired) electrons. The summed E-state index contributed by atoms with van der Waals surface area (Å²) in [5.74, 6) is -4.08. The number of aromatic nitrogens is 2. The van der Waals surface area contributed by atoms with Crippen LogP contribution in [-0.2, 0) is 25.6 Å². The quantitative estimate of drug-likeness (QED) is 0.146. The third-order valence-corrected chi connectivity index (χ3v) is 4.12. The van der Waals surface area contributed by atoms with Crippen LogP contribution in [0, 0.1) is 0 Å². The number of hydrogen-bond donors (Lipinski definition) is 9. The van der Waals surface area contributed by atoms with E-state index in [0.717, 1.165) is 0 Å². The van der Waals surface area contributed by atoms with E-state index in [-0.39, 0.29) is 12.2 Å². The van der Waals surface area contributed by atoms with Crippen molar-refractivity contribution in [2.24, 2.45) is 5.73 Å². The summed E-state index contributed by atoms with van der Waals surface area (Å²) in [6.07, 6.45) is 2.78. The molecule has 1 heterocycles. The predicted molar refractivity (Wildman–Crippen MR) is 102 cm³/mol. The minimum absolute atomic E-state index is 0.0228. The predicted octanol–water partition coefficient (Wildman–Crippen LogP) is -4.27. The Morgan fingerprint density at radius 2 is 1.62 bits per heavy atom. The average Bonchev–Trinajstić information content (AvgIpc) is 3.21. The second-order valence-electron chi connectivity index (χ2n) is 5.96. The molecule has 0 saturated carbocycles. The number of aliphatic hydroxyl groups is 2. The van der Waals surface area contributed by atoms with Crippen molar-refractivity contribution in [2.75, 3.05) is 19.0 Å². The maximum absolute atomic E-state index is 12.6. The van der Waals surface area contributed by atoms with Crippen LogP contribution in [0.1, 0.15) is 5.69 Å². The van der Waals surface area contributed by atoms with Crippen LogP contribution in [0.3, 0.4) is 0 Å². The molecule has 9 N–H and O–H groups in total. The van der Waals surface area contributed by atoms with E-state index < -0.39 is 61.1 Å². The summed E-state index contributed by atoms with van der Waals surface area (Å²) >= 11 is 3.97. The SMILES string of the molecule is NC(CO)C(=O)NC(Cc1cnc[nH]1)C(=O)NC(CS)C(=O)NC(CO)C(=O)O. The molecule has 4 unspecified atom stereocenters. The molecular weight excluding hydrogens is 408 g/mol. The van der Waals surface area contributed by atoms with Gasteiger partial charge in [-0.2, -0.15) is 12.6 Å². The number of thiol groups is 1. The molecule has 1 aromatic rings. The van der Waals surface area contributed by atoms with Crippen LogP contribution in [0.4, 0.5) is 0 Å². The number of nitrogens with zero attached hydrogens (tertiary/aromatic N) is 1. The van der Waals surface area contributed by atoms with Crippen LogP contribution in [0.5, 0.6) is 0 Å². The molecule has 0 aliphatic carbocycles. The Bertz CT molecular complexity index is 701. The number of carboxylic acids is 1. The van der Waals surface area contributed by atoms with Crippen LogP contribution in [0.15, 0.2) is 12.5 Å². The van der Waals surface area contributed by atoms with E-state index in [9.17, 15) is 19.2 Å². The third-order valence-electron chi connectivity index (χ3n) is 3.76. The maximum Gasteiger partial charge on any atom is 0.328 e. The Balaban J connectivity index is 2.88. The van der Waals surface area contributed by atoms with Crippen molar-refractivity contribution in [1.82, 2.24) is 25.9 Å². The van der Waals surface area contributed by atoms with Crippen LogP contribution < -0.4 is 21.7 Å². The van der Waals surface area contributed by atoms with Crippen molar-refractivity contribution >= 4 is 36.3 Å². The Morgan fingerprint density at radius 1 is 1.03 bits per heavy atom. The summed E-state index contributed by atoms with van der Waals surface area (Å²) in [5.41, 5.74) is 5.94. The number of nitrogens with two attached hydrogens (primary N) is 1. The zero-order valence-electron chi connectivity index (χ0n) is 15.2. The van der Waals surface area contributed by atoms with Crippen molar-refractivity contribution in [3.05, 3.63) is 18.2 Å². The molecule has 4 atom stereocenters. The van der Waals surface area contributed by atoms with Crippen LogP contribution in [0.2, 0.25) is 0 Å². The molecular formula is C15H24N6O7S. The van der Waals surface area contributed by atoms with Gasteiger partial charge in [0.25, 0.3) is 0 Å². The number of imidazole rings is 1. The number of rotatable bonds is 12. The molecule has 29 heavy (non-hydrogen) atoms. The van der Waals surface area contributed by atoms with Gasteiger partial charge in [-0.3, -0.25) is 14.4 Å². The normalized spacial score (nSPS) is 14.9. The van der Waals surface area contributed by atoms with Crippen molar-refractivity contribution < 1.29 is 34.5 Å². The second-order valence-corrected chi connectivity index (χ2v) is 6.32. The highest BCUT2D eigenvalue weighted by Gasteiger charge is 2.29. The molecule has 0 bridgehead atoms. The molecule has 0 fully saturated rings. The standard InChI is InChI=1S/C15H24N6O7S/c16-8(3-22)12(24)19-9(1-7-2-17-6-18-7)13(25)21-11(5-29)14(26)20-10(4-23)15(27)28/h2,6,8-11,22-23,29H,1,3-5,16H2,(H,17,18)(H,19,24)(H,20,26)(H,21,25)(H,27,28). The van der Waals surface area contributed by atoms with Crippen molar-refractivity contribution in [3.63, 3.8) is 0 Å². The Labute approximate surface area is 170 Å². The first-order valence-electron chi connectivity index (χ1n) is 8.42. The number of aromatic amines is 1. The molecule has 1 aromatic heterocycles. The first-order chi connectivity index (χ1) is 13.7. The molecule has 162 valence electrons. The summed E-state index contributed by atoms with van der Waals surface area (Å²) in [6, 6.07) is -5.22. The van der Waals surface area contributed by atoms with E-state index >= 15 is 0 Å². The molecule has 13 nitrogen and oxygen atoms in total. The fourth-order valence-corrected chi connectivity index (χ4v) is 2.37. The molecule has 14 heteroatoms. The van der Waals surface area contributed by atoms with E-state index in [1.165, 1.54) is 12.5 Å². The lowest BCUT2D eigenvalue weighted by Crippen LogP contribution is -2.58. The highest BCUT2D eigenvalue weighted by atomic mass is 32.1. The van der Waals surface area contributed by atoms with E-state index in [1.807, 2.05) is 0 Å². The van der Waals surface area contributed by atoms with Gasteiger partial charge in [-0.25, -0.2) is 9.78 Å². The average molecular weight is 432 g/mol. The number of carbonyl (C=O) groups is 4. The summed E-state index contributed by atoms with van der Waals surface area (Å²) < 4.78 is 0. The topological polar surface area (TPSA) is 220 Å². The number of amides is 3. The fraction of sp³-hybridized carbons (Fsp3) is 0.533. The second kappa shape index (κ2) is 12.0. The summed E-state index contributed by atoms with van der Waals surface area (Å²) in [6.45, 7) is -1.48. The molecule has 0 aliphatic heterocycles. The molecule has 3 amide bonds. The number of H-pyrrole nitrogens is 1. The number of hydrogen-bond acceptors (Lipinski definition) is 9. The summed E-state index contributed by atoms with van der Waals surface area (Å²) in [4.78, 5) is 54.3. The molecule has 1 rings (SSSR count). The van der Waals surface area contributed by atoms with E-state index in [0.29, 0.717) is 5.69 Å². The van der Waals surface area contributed by atoms with Gasteiger partial charge in [0.1, 0.15) is 24.2 Å². The van der Waals surface area contributed by atoms with Crippen LogP contribution in [0.25, 0.3) is 0 Å². The first-order valence-corrected chi connectivity index (χ1v) is 9.06. The molecule has 0 spiro atoms. The van der Waals surface area contributed by atoms with Gasteiger partial charge in [0, 0.05) is 24.1 Å². The lowest BCUT2D eigenvalue weighted by Gasteiger charge is -2.23. The van der Waals surface area contributed by atoms with Crippen LogP contribution >= 0.6 is 12.6 Å². The Morgan fingerprint density at radius 3 is 2.10 bits per heavy atom. The number of carboxylic acid groups (broad SMARTS) is 1. The molecule has 0 aromatic carbocycles. The van der Waals surface area contributed by atoms with Crippen molar-refractivity contribution in [1.29, 1.82) is 0 Å². The summed E-state index contributed by atoms with van der Waals surface area (Å²) in [5, 5.41) is 33.7. The number of aliphatic carboxylic acids is 1. The van der Waals surface area contributed by atoms with Gasteiger partial charge in [-0.15, -0.1) is 0 Å². The minimum atomic E-state index is -1.55. The van der Waals surface area contributed by atoms with E-state index in [2.05, 4.69) is 38.5 Å². The van der Waals surface area contributed by atoms with Crippen molar-refractivity contribution in [2.45, 2.75) is 30.6 Å². The maximum atomic E-state index is 12.6. The van der Waals surface area contributed by atoms with Gasteiger partial charge in [-0.1, -0.05) is 0 Å². The van der Waals surface area contributed by atoms with Crippen LogP contribution in [-0.4, -0.2) is 92.1 Å². The summed E-state index contributed by atoms with van der Waals surface area (Å²) in [7, 11) is 0. The molecule has 0 aliphatic rings. The highest BCUT2D eigenvalue weighted by molar-refractivity contribution is 7.80. The Hall–Kier alpha value is -2.68. The number of aliphatic hydroxyl groups excluding tert-OH is 2. The van der Waals surface area contributed by atoms with Gasteiger partial charge < -0.3 is 42.0 Å². The lowest BCUT2D eigenvalue weighted by molar-refractivity contribution is -0.143. The lowest BCUT2D eigenvalue weighted by atomic mass is 10.1. The smallest absolute Gasteiger partial charge is 0.328 e. The van der Waals surface area contributed by atoms with Crippen molar-refractivity contribution in [3.8, 4) is 0 Å². The third kappa shape index (κ3) is 7.69. The zero-order valence-corrected chi connectivity index (χ0v) is 16.1. The van der Waals surface area contributed by atoms with Gasteiger partial charge in [0.2, 0.25) is 17.7 Å². The zero-order chi connectivity index (χ0) is 22.0. The van der Waals surface area contributed by atoms with Gasteiger partial charge >= 0.3 is 5.97 Å². The highest BCUT2D eigenvalue weighted by Crippen LogP contribution is 2.01. The fourth-order valence-electron chi connectivity index (χ4n) is 2.11. The number of carbonyl (C=O) groups excluding carboxylic acids is 3. The van der Waals surface area contributed by atoms with E-state index in [4.69, 9.17) is 21.1 Å². The van der Waals surface area contributed by atoms with Gasteiger partial charge in [0.15, 0.2) is 0 Å². The minimum Gasteiger partial charge on any atom is -0.480 e. The van der Waals surface area contributed by atoms with E-state index in [1.54, 1.807) is 0 Å².